The van der Waals surface area contributed by atoms with E-state index in [2.05, 4.69) is 5.32 Å². The van der Waals surface area contributed by atoms with Crippen molar-refractivity contribution in [3.8, 4) is 0 Å². The van der Waals surface area contributed by atoms with E-state index in [1.807, 2.05) is 6.92 Å². The summed E-state index contributed by atoms with van der Waals surface area (Å²) < 4.78 is 13.2. The molecule has 19 heavy (non-hydrogen) atoms. The normalized spacial score (nSPS) is 11.9. The molecule has 4 N–H and O–H groups in total. The number of nitrogens with two attached hydrogens (primary N) is 1. The van der Waals surface area contributed by atoms with Crippen molar-refractivity contribution < 1.29 is 19.1 Å². The Morgan fingerprint density at radius 2 is 2.16 bits per heavy atom. The number of hydrogen-bond donors (Lipinski definition) is 3. The predicted molar refractivity (Wildman–Crippen MR) is 69.2 cm³/mol. The summed E-state index contributed by atoms with van der Waals surface area (Å²) >= 11 is 0. The van der Waals surface area contributed by atoms with Crippen LogP contribution in [0.4, 0.5) is 10.1 Å². The molecule has 0 aliphatic carbocycles. The van der Waals surface area contributed by atoms with Gasteiger partial charge >= 0.3 is 5.97 Å². The summed E-state index contributed by atoms with van der Waals surface area (Å²) in [6, 6.07) is 2.65. The van der Waals surface area contributed by atoms with Gasteiger partial charge in [-0.05, 0) is 24.6 Å². The third kappa shape index (κ3) is 4.24. The van der Waals surface area contributed by atoms with Crippen LogP contribution in [0.2, 0.25) is 0 Å². The molecular formula is C13H17FN2O3. The second kappa shape index (κ2) is 6.72. The summed E-state index contributed by atoms with van der Waals surface area (Å²) in [6.07, 6.45) is 1.86. The summed E-state index contributed by atoms with van der Waals surface area (Å²) in [4.78, 5) is 22.8. The number of benzene rings is 1. The molecule has 1 rings (SSSR count). The van der Waals surface area contributed by atoms with E-state index in [9.17, 15) is 14.0 Å². The van der Waals surface area contributed by atoms with Gasteiger partial charge in [0.15, 0.2) is 0 Å². The van der Waals surface area contributed by atoms with Crippen molar-refractivity contribution in [2.45, 2.75) is 32.2 Å². The number of anilines is 1. The lowest BCUT2D eigenvalue weighted by Gasteiger charge is -2.14. The number of amides is 1. The zero-order valence-corrected chi connectivity index (χ0v) is 10.6. The molecular weight excluding hydrogens is 251 g/mol. The Kier molecular flexibility index (Phi) is 5.29. The number of hydrogen-bond acceptors (Lipinski definition) is 3. The van der Waals surface area contributed by atoms with E-state index in [4.69, 9.17) is 10.8 Å². The van der Waals surface area contributed by atoms with Crippen molar-refractivity contribution in [2.24, 2.45) is 0 Å². The number of halogens is 1. The number of carbonyl (C=O) groups excluding carboxylic acids is 1. The molecule has 0 aliphatic heterocycles. The fourth-order valence-corrected chi connectivity index (χ4v) is 1.58. The molecule has 1 aromatic rings. The number of carboxylic acid groups (broad SMARTS) is 1. The highest BCUT2D eigenvalue weighted by atomic mass is 19.1. The summed E-state index contributed by atoms with van der Waals surface area (Å²) in [5.41, 5.74) is 5.30. The molecule has 1 unspecified atom stereocenters. The van der Waals surface area contributed by atoms with Crippen LogP contribution in [0.25, 0.3) is 0 Å². The molecule has 0 saturated heterocycles. The van der Waals surface area contributed by atoms with Crippen molar-refractivity contribution >= 4 is 17.6 Å². The number of carbonyl (C=O) groups is 2. The summed E-state index contributed by atoms with van der Waals surface area (Å²) in [6.45, 7) is 1.93. The van der Waals surface area contributed by atoms with Gasteiger partial charge < -0.3 is 16.2 Å². The second-order valence-electron chi connectivity index (χ2n) is 4.24. The Labute approximate surface area is 110 Å². The summed E-state index contributed by atoms with van der Waals surface area (Å²) in [7, 11) is 0. The van der Waals surface area contributed by atoms with E-state index in [-0.39, 0.29) is 11.3 Å². The van der Waals surface area contributed by atoms with Gasteiger partial charge in [-0.25, -0.2) is 9.18 Å². The topological polar surface area (TPSA) is 92.4 Å². The molecule has 0 radical (unpaired) electrons. The van der Waals surface area contributed by atoms with Crippen LogP contribution in [0.15, 0.2) is 18.2 Å². The first kappa shape index (κ1) is 14.9. The number of unbranched alkanes of at least 4 members (excludes halogenated alkanes) is 1. The van der Waals surface area contributed by atoms with Gasteiger partial charge in [-0.15, -0.1) is 0 Å². The van der Waals surface area contributed by atoms with Crippen LogP contribution < -0.4 is 11.1 Å². The van der Waals surface area contributed by atoms with Crippen LogP contribution >= 0.6 is 0 Å². The van der Waals surface area contributed by atoms with Gasteiger partial charge in [0.1, 0.15) is 11.9 Å². The van der Waals surface area contributed by atoms with Crippen molar-refractivity contribution in [1.82, 2.24) is 5.32 Å². The lowest BCUT2D eigenvalue weighted by Crippen LogP contribution is -2.40. The molecule has 5 nitrogen and oxygen atoms in total. The highest BCUT2D eigenvalue weighted by Gasteiger charge is 2.20. The van der Waals surface area contributed by atoms with E-state index in [1.165, 1.54) is 12.1 Å². The van der Waals surface area contributed by atoms with Gasteiger partial charge in [0.2, 0.25) is 0 Å². The molecule has 6 heteroatoms. The fourth-order valence-electron chi connectivity index (χ4n) is 1.58. The maximum atomic E-state index is 13.2. The monoisotopic (exact) mass is 268 g/mol. The fraction of sp³-hybridized carbons (Fsp3) is 0.385. The maximum Gasteiger partial charge on any atom is 0.326 e. The molecule has 1 amide bonds. The van der Waals surface area contributed by atoms with Crippen molar-refractivity contribution in [3.63, 3.8) is 0 Å². The molecule has 0 aliphatic rings. The first-order valence-corrected chi connectivity index (χ1v) is 6.04. The number of aliphatic carboxylic acids is 1. The van der Waals surface area contributed by atoms with Crippen LogP contribution in [0.3, 0.4) is 0 Å². The lowest BCUT2D eigenvalue weighted by atomic mass is 10.1. The van der Waals surface area contributed by atoms with E-state index >= 15 is 0 Å². The Morgan fingerprint density at radius 1 is 1.47 bits per heavy atom. The van der Waals surface area contributed by atoms with E-state index in [0.717, 1.165) is 12.5 Å². The van der Waals surface area contributed by atoms with Gasteiger partial charge in [-0.1, -0.05) is 19.8 Å². The van der Waals surface area contributed by atoms with Crippen LogP contribution in [-0.2, 0) is 4.79 Å². The lowest BCUT2D eigenvalue weighted by molar-refractivity contribution is -0.139. The average molecular weight is 268 g/mol. The molecule has 104 valence electrons. The Balaban J connectivity index is 2.75. The molecule has 0 bridgehead atoms. The largest absolute Gasteiger partial charge is 0.480 e. The Bertz CT molecular complexity index is 477. The minimum Gasteiger partial charge on any atom is -0.480 e. The van der Waals surface area contributed by atoms with Crippen LogP contribution in [0, 0.1) is 5.82 Å². The van der Waals surface area contributed by atoms with Gasteiger partial charge in [-0.3, -0.25) is 4.79 Å². The van der Waals surface area contributed by atoms with Crippen molar-refractivity contribution in [3.05, 3.63) is 29.6 Å². The zero-order valence-electron chi connectivity index (χ0n) is 10.6. The maximum absolute atomic E-state index is 13.2. The number of nitrogens with one attached hydrogen (secondary N) is 1. The summed E-state index contributed by atoms with van der Waals surface area (Å²) in [5, 5.41) is 11.4. The molecule has 0 aromatic heterocycles. The van der Waals surface area contributed by atoms with Crippen molar-refractivity contribution in [1.29, 1.82) is 0 Å². The van der Waals surface area contributed by atoms with Crippen molar-refractivity contribution in [2.75, 3.05) is 5.73 Å². The molecule has 0 fully saturated rings. The third-order valence-corrected chi connectivity index (χ3v) is 2.71. The van der Waals surface area contributed by atoms with Gasteiger partial charge in [-0.2, -0.15) is 0 Å². The molecule has 1 atom stereocenters. The number of carboxylic acids is 1. The predicted octanol–water partition coefficient (Wildman–Crippen LogP) is 1.78. The Morgan fingerprint density at radius 3 is 2.68 bits per heavy atom. The smallest absolute Gasteiger partial charge is 0.326 e. The molecule has 1 aromatic carbocycles. The van der Waals surface area contributed by atoms with Crippen LogP contribution in [-0.4, -0.2) is 23.0 Å². The van der Waals surface area contributed by atoms with Gasteiger partial charge in [0, 0.05) is 5.56 Å². The molecule has 0 spiro atoms. The minimum atomic E-state index is -1.10. The quantitative estimate of drug-likeness (QED) is 0.686. The highest BCUT2D eigenvalue weighted by Crippen LogP contribution is 2.12. The first-order valence-electron chi connectivity index (χ1n) is 6.04. The SMILES string of the molecule is CCCCC(NC(=O)c1ccc(N)c(F)c1)C(=O)O. The average Bonchev–Trinajstić information content (AvgIpc) is 2.37. The Hall–Kier alpha value is -2.11. The second-order valence-corrected chi connectivity index (χ2v) is 4.24. The molecule has 0 heterocycles. The third-order valence-electron chi connectivity index (χ3n) is 2.71. The van der Waals surface area contributed by atoms with E-state index in [1.54, 1.807) is 0 Å². The van der Waals surface area contributed by atoms with Gasteiger partial charge in [0.05, 0.1) is 5.69 Å². The van der Waals surface area contributed by atoms with Gasteiger partial charge in [0.25, 0.3) is 5.91 Å². The highest BCUT2D eigenvalue weighted by molar-refractivity contribution is 5.96. The summed E-state index contributed by atoms with van der Waals surface area (Å²) in [5.74, 6) is -2.42. The van der Waals surface area contributed by atoms with E-state index < -0.39 is 23.7 Å². The van der Waals surface area contributed by atoms with Crippen LogP contribution in [0.1, 0.15) is 36.5 Å². The molecule has 0 saturated carbocycles. The first-order chi connectivity index (χ1) is 8.95. The number of nitrogen functional groups attached to an aromatic ring is 1. The number of rotatable bonds is 6. The standard InChI is InChI=1S/C13H17FN2O3/c1-2-3-4-11(13(18)19)16-12(17)8-5-6-10(15)9(14)7-8/h5-7,11H,2-4,15H2,1H3,(H,16,17)(H,18,19). The van der Waals surface area contributed by atoms with Crippen LogP contribution in [0.5, 0.6) is 0 Å². The zero-order chi connectivity index (χ0) is 14.4. The van der Waals surface area contributed by atoms with E-state index in [0.29, 0.717) is 12.8 Å². The minimum absolute atomic E-state index is 0.0504.